The first-order valence-electron chi connectivity index (χ1n) is 21.5. The molecule has 0 bridgehead atoms. The molecule has 12 aromatic rings. The standard InChI is InChI=1S/C59H40N4/c1-5-17-41(18-6-1)54-39-49(40-55(60-54)42-19-7-2-8-20-42)63-57-28-16-14-26-51(57)53-38-44(30-36-59(53)63)43-29-35-58-52(37-43)50-25-13-15-27-56(50)62(58)48-33-31-47(32-34-48)61(45-21-9-3-10-22-45)46-23-11-4-12-24-46/h1-40H. The first kappa shape index (κ1) is 36.4. The highest BCUT2D eigenvalue weighted by Gasteiger charge is 2.19. The largest absolute Gasteiger partial charge is 0.311 e. The fraction of sp³-hybridized carbons (Fsp3) is 0. The molecule has 0 aliphatic heterocycles. The van der Waals surface area contributed by atoms with Crippen LogP contribution in [0, 0.1) is 0 Å². The van der Waals surface area contributed by atoms with E-state index in [0.717, 1.165) is 62.0 Å². The third-order valence-electron chi connectivity index (χ3n) is 12.3. The highest BCUT2D eigenvalue weighted by Crippen LogP contribution is 2.40. The Morgan fingerprint density at radius 1 is 0.270 bits per heavy atom. The monoisotopic (exact) mass is 804 g/mol. The summed E-state index contributed by atoms with van der Waals surface area (Å²) in [6.07, 6.45) is 0. The van der Waals surface area contributed by atoms with Crippen molar-refractivity contribution < 1.29 is 0 Å². The Kier molecular flexibility index (Phi) is 8.79. The van der Waals surface area contributed by atoms with Crippen molar-refractivity contribution >= 4 is 60.7 Å². The number of benzene rings is 9. The van der Waals surface area contributed by atoms with Crippen molar-refractivity contribution in [2.24, 2.45) is 0 Å². The maximum absolute atomic E-state index is 5.18. The minimum Gasteiger partial charge on any atom is -0.311 e. The van der Waals surface area contributed by atoms with Gasteiger partial charge in [0.2, 0.25) is 0 Å². The molecule has 3 heterocycles. The van der Waals surface area contributed by atoms with Gasteiger partial charge in [-0.3, -0.25) is 0 Å². The first-order valence-corrected chi connectivity index (χ1v) is 21.5. The van der Waals surface area contributed by atoms with Gasteiger partial charge >= 0.3 is 0 Å². The van der Waals surface area contributed by atoms with Crippen LogP contribution in [0.25, 0.3) is 88.6 Å². The molecular weight excluding hydrogens is 765 g/mol. The van der Waals surface area contributed by atoms with Crippen molar-refractivity contribution in [3.63, 3.8) is 0 Å². The molecule has 0 unspecified atom stereocenters. The number of pyridine rings is 1. The second-order valence-corrected chi connectivity index (χ2v) is 16.0. The van der Waals surface area contributed by atoms with E-state index in [9.17, 15) is 0 Å². The van der Waals surface area contributed by atoms with Gasteiger partial charge in [-0.15, -0.1) is 0 Å². The average Bonchev–Trinajstić information content (AvgIpc) is 3.88. The number of fused-ring (bicyclic) bond motifs is 6. The van der Waals surface area contributed by atoms with Crippen LogP contribution in [0.4, 0.5) is 17.1 Å². The molecule has 0 N–H and O–H groups in total. The predicted octanol–water partition coefficient (Wildman–Crippen LogP) is 15.7. The molecule has 4 nitrogen and oxygen atoms in total. The Hall–Kier alpha value is -8.47. The second-order valence-electron chi connectivity index (χ2n) is 16.0. The molecule has 0 aliphatic carbocycles. The summed E-state index contributed by atoms with van der Waals surface area (Å²) in [4.78, 5) is 7.48. The van der Waals surface area contributed by atoms with Crippen molar-refractivity contribution in [1.82, 2.24) is 14.1 Å². The summed E-state index contributed by atoms with van der Waals surface area (Å²) < 4.78 is 4.79. The van der Waals surface area contributed by atoms with Gasteiger partial charge in [0, 0.05) is 55.4 Å². The Labute approximate surface area is 365 Å². The fourth-order valence-corrected chi connectivity index (χ4v) is 9.37. The molecule has 4 heteroatoms. The summed E-state index contributed by atoms with van der Waals surface area (Å²) in [5.41, 5.74) is 16.6. The minimum absolute atomic E-state index is 0.944. The van der Waals surface area contributed by atoms with E-state index in [2.05, 4.69) is 257 Å². The highest BCUT2D eigenvalue weighted by molar-refractivity contribution is 6.13. The van der Waals surface area contributed by atoms with Gasteiger partial charge in [0.1, 0.15) is 0 Å². The van der Waals surface area contributed by atoms with Gasteiger partial charge in [0.05, 0.1) is 39.1 Å². The van der Waals surface area contributed by atoms with E-state index in [-0.39, 0.29) is 0 Å². The van der Waals surface area contributed by atoms with Crippen LogP contribution in [0.2, 0.25) is 0 Å². The molecule has 0 saturated carbocycles. The second kappa shape index (κ2) is 15.2. The van der Waals surface area contributed by atoms with Crippen LogP contribution in [0.3, 0.4) is 0 Å². The maximum atomic E-state index is 5.18. The Balaban J connectivity index is 0.968. The van der Waals surface area contributed by atoms with Gasteiger partial charge in [-0.05, 0) is 108 Å². The average molecular weight is 805 g/mol. The number of para-hydroxylation sites is 4. The zero-order valence-electron chi connectivity index (χ0n) is 34.4. The van der Waals surface area contributed by atoms with Crippen LogP contribution >= 0.6 is 0 Å². The molecule has 12 rings (SSSR count). The lowest BCUT2D eigenvalue weighted by molar-refractivity contribution is 1.16. The SMILES string of the molecule is c1ccc(-c2cc(-n3c4ccccc4c4cc(-c5ccc6c(c5)c5ccccc5n6-c5ccc(N(c6ccccc6)c6ccccc6)cc5)ccc43)cc(-c3ccccc3)n2)cc1. The first-order chi connectivity index (χ1) is 31.2. The van der Waals surface area contributed by atoms with Crippen molar-refractivity contribution in [2.45, 2.75) is 0 Å². The molecule has 0 radical (unpaired) electrons. The molecule has 0 aliphatic rings. The molecule has 9 aromatic carbocycles. The van der Waals surface area contributed by atoms with Gasteiger partial charge in [-0.25, -0.2) is 4.98 Å². The Bertz CT molecular complexity index is 3490. The molecule has 3 aromatic heterocycles. The van der Waals surface area contributed by atoms with Crippen LogP contribution in [0.1, 0.15) is 0 Å². The van der Waals surface area contributed by atoms with Crippen LogP contribution in [-0.2, 0) is 0 Å². The molecule has 63 heavy (non-hydrogen) atoms. The minimum atomic E-state index is 0.944. The normalized spacial score (nSPS) is 11.5. The van der Waals surface area contributed by atoms with Crippen molar-refractivity contribution in [2.75, 3.05) is 4.90 Å². The lowest BCUT2D eigenvalue weighted by Crippen LogP contribution is -2.09. The molecular formula is C59H40N4. The topological polar surface area (TPSA) is 26.0 Å². The van der Waals surface area contributed by atoms with Crippen molar-refractivity contribution in [3.05, 3.63) is 243 Å². The van der Waals surface area contributed by atoms with E-state index in [4.69, 9.17) is 4.98 Å². The van der Waals surface area contributed by atoms with Crippen LogP contribution in [-0.4, -0.2) is 14.1 Å². The number of anilines is 3. The molecule has 0 amide bonds. The summed E-state index contributed by atoms with van der Waals surface area (Å²) in [5, 5.41) is 4.88. The highest BCUT2D eigenvalue weighted by atomic mass is 15.1. The smallest absolute Gasteiger partial charge is 0.0730 e. The molecule has 0 spiro atoms. The summed E-state index contributed by atoms with van der Waals surface area (Å²) >= 11 is 0. The van der Waals surface area contributed by atoms with Gasteiger partial charge in [-0.2, -0.15) is 0 Å². The van der Waals surface area contributed by atoms with Crippen molar-refractivity contribution in [1.29, 1.82) is 0 Å². The number of hydrogen-bond acceptors (Lipinski definition) is 2. The number of rotatable bonds is 8. The lowest BCUT2D eigenvalue weighted by Gasteiger charge is -2.25. The molecule has 0 saturated heterocycles. The number of hydrogen-bond donors (Lipinski definition) is 0. The van der Waals surface area contributed by atoms with Gasteiger partial charge in [-0.1, -0.05) is 146 Å². The third-order valence-corrected chi connectivity index (χ3v) is 12.3. The summed E-state index contributed by atoms with van der Waals surface area (Å²) in [7, 11) is 0. The Morgan fingerprint density at radius 3 is 1.13 bits per heavy atom. The van der Waals surface area contributed by atoms with E-state index >= 15 is 0 Å². The van der Waals surface area contributed by atoms with E-state index in [1.807, 2.05) is 0 Å². The van der Waals surface area contributed by atoms with E-state index in [0.29, 0.717) is 0 Å². The van der Waals surface area contributed by atoms with Crippen LogP contribution < -0.4 is 4.90 Å². The third kappa shape index (κ3) is 6.36. The summed E-state index contributed by atoms with van der Waals surface area (Å²) in [6.45, 7) is 0. The van der Waals surface area contributed by atoms with Gasteiger partial charge in [0.25, 0.3) is 0 Å². The summed E-state index contributed by atoms with van der Waals surface area (Å²) in [5.74, 6) is 0. The van der Waals surface area contributed by atoms with E-state index in [1.54, 1.807) is 0 Å². The maximum Gasteiger partial charge on any atom is 0.0730 e. The molecule has 0 atom stereocenters. The predicted molar refractivity (Wildman–Crippen MR) is 264 cm³/mol. The van der Waals surface area contributed by atoms with Crippen molar-refractivity contribution in [3.8, 4) is 45.0 Å². The molecule has 0 fully saturated rings. The van der Waals surface area contributed by atoms with Gasteiger partial charge in [0.15, 0.2) is 0 Å². The summed E-state index contributed by atoms with van der Waals surface area (Å²) in [6, 6.07) is 86.9. The Morgan fingerprint density at radius 2 is 0.651 bits per heavy atom. The lowest BCUT2D eigenvalue weighted by atomic mass is 10.0. The van der Waals surface area contributed by atoms with Crippen LogP contribution in [0.5, 0.6) is 0 Å². The zero-order chi connectivity index (χ0) is 41.7. The quantitative estimate of drug-likeness (QED) is 0.153. The van der Waals surface area contributed by atoms with Gasteiger partial charge < -0.3 is 14.0 Å². The zero-order valence-corrected chi connectivity index (χ0v) is 34.4. The fourth-order valence-electron chi connectivity index (χ4n) is 9.37. The van der Waals surface area contributed by atoms with E-state index < -0.39 is 0 Å². The van der Waals surface area contributed by atoms with Crippen LogP contribution in [0.15, 0.2) is 243 Å². The van der Waals surface area contributed by atoms with E-state index in [1.165, 1.54) is 43.7 Å². The number of aromatic nitrogens is 3. The molecule has 296 valence electrons. The number of nitrogens with zero attached hydrogens (tertiary/aromatic N) is 4.